The molecule has 4 nitrogen and oxygen atoms in total. The smallest absolute Gasteiger partial charge is 0.203 e. The molecule has 0 saturated heterocycles. The van der Waals surface area contributed by atoms with Gasteiger partial charge in [0, 0.05) is 7.11 Å². The average molecular weight is 159 g/mol. The van der Waals surface area contributed by atoms with Crippen molar-refractivity contribution in [2.45, 2.75) is 13.0 Å². The molecule has 0 spiro atoms. The molecule has 1 rings (SSSR count). The average Bonchev–Trinajstić information content (AvgIpc) is 2.34. The number of hydrogen-bond acceptors (Lipinski definition) is 5. The fourth-order valence-corrected chi connectivity index (χ4v) is 1.15. The number of methoxy groups -OCH3 is 1. The zero-order valence-electron chi connectivity index (χ0n) is 5.87. The van der Waals surface area contributed by atoms with E-state index in [-0.39, 0.29) is 6.10 Å². The summed E-state index contributed by atoms with van der Waals surface area (Å²) < 4.78 is 5.00. The van der Waals surface area contributed by atoms with Crippen LogP contribution in [0.15, 0.2) is 0 Å². The van der Waals surface area contributed by atoms with Gasteiger partial charge in [0.2, 0.25) is 5.13 Å². The van der Waals surface area contributed by atoms with E-state index in [1.165, 1.54) is 11.3 Å². The molecule has 56 valence electrons. The molecular formula is C5H9N3OS. The molecule has 1 unspecified atom stereocenters. The molecule has 5 heteroatoms. The minimum Gasteiger partial charge on any atom is -0.374 e. The Labute approximate surface area is 63.0 Å². The molecule has 2 N–H and O–H groups in total. The number of hydrogen-bond donors (Lipinski definition) is 1. The standard InChI is InChI=1S/C5H9N3OS/c1-3(9-2)4-7-8-5(6)10-4/h3H,1-2H3,(H2,6,8). The molecule has 0 aliphatic rings. The molecule has 0 saturated carbocycles. The number of anilines is 1. The van der Waals surface area contributed by atoms with Gasteiger partial charge in [0.1, 0.15) is 11.1 Å². The van der Waals surface area contributed by atoms with Crippen molar-refractivity contribution in [3.05, 3.63) is 5.01 Å². The zero-order chi connectivity index (χ0) is 7.56. The summed E-state index contributed by atoms with van der Waals surface area (Å²) in [6.07, 6.45) is -0.00481. The monoisotopic (exact) mass is 159 g/mol. The Bertz CT molecular complexity index is 212. The Morgan fingerprint density at radius 1 is 1.60 bits per heavy atom. The number of nitrogen functional groups attached to an aromatic ring is 1. The summed E-state index contributed by atoms with van der Waals surface area (Å²) >= 11 is 1.35. The first-order valence-electron chi connectivity index (χ1n) is 2.85. The van der Waals surface area contributed by atoms with E-state index in [4.69, 9.17) is 10.5 Å². The van der Waals surface area contributed by atoms with Gasteiger partial charge in [-0.05, 0) is 6.92 Å². The molecule has 1 aromatic rings. The fraction of sp³-hybridized carbons (Fsp3) is 0.600. The Kier molecular flexibility index (Phi) is 2.18. The van der Waals surface area contributed by atoms with Crippen LogP contribution in [-0.2, 0) is 4.74 Å². The predicted octanol–water partition coefficient (Wildman–Crippen LogP) is 0.828. The van der Waals surface area contributed by atoms with E-state index in [0.717, 1.165) is 5.01 Å². The summed E-state index contributed by atoms with van der Waals surface area (Å²) in [5.41, 5.74) is 5.36. The Morgan fingerprint density at radius 2 is 2.30 bits per heavy atom. The number of ether oxygens (including phenoxy) is 1. The first-order chi connectivity index (χ1) is 4.74. The lowest BCUT2D eigenvalue weighted by atomic mass is 10.4. The van der Waals surface area contributed by atoms with Gasteiger partial charge in [-0.1, -0.05) is 11.3 Å². The molecule has 0 bridgehead atoms. The van der Waals surface area contributed by atoms with Gasteiger partial charge in [0.15, 0.2) is 0 Å². The van der Waals surface area contributed by atoms with Gasteiger partial charge in [0.05, 0.1) is 0 Å². The second-order valence-electron chi connectivity index (χ2n) is 1.86. The maximum absolute atomic E-state index is 5.36. The SMILES string of the molecule is COC(C)c1nnc(N)s1. The van der Waals surface area contributed by atoms with Crippen molar-refractivity contribution in [1.29, 1.82) is 0 Å². The van der Waals surface area contributed by atoms with Crippen LogP contribution in [0, 0.1) is 0 Å². The van der Waals surface area contributed by atoms with Crippen LogP contribution in [0.3, 0.4) is 0 Å². The third-order valence-corrected chi connectivity index (χ3v) is 2.07. The number of nitrogens with two attached hydrogens (primary N) is 1. The van der Waals surface area contributed by atoms with E-state index in [9.17, 15) is 0 Å². The van der Waals surface area contributed by atoms with Crippen molar-refractivity contribution < 1.29 is 4.74 Å². The molecule has 1 atom stereocenters. The molecule has 0 aliphatic heterocycles. The Balaban J connectivity index is 2.74. The maximum Gasteiger partial charge on any atom is 0.203 e. The number of rotatable bonds is 2. The highest BCUT2D eigenvalue weighted by Crippen LogP contribution is 2.20. The van der Waals surface area contributed by atoms with Crippen LogP contribution >= 0.6 is 11.3 Å². The van der Waals surface area contributed by atoms with E-state index < -0.39 is 0 Å². The molecule has 0 radical (unpaired) electrons. The molecule has 0 amide bonds. The van der Waals surface area contributed by atoms with E-state index in [1.54, 1.807) is 7.11 Å². The summed E-state index contributed by atoms with van der Waals surface area (Å²) in [6, 6.07) is 0. The van der Waals surface area contributed by atoms with Crippen molar-refractivity contribution in [2.75, 3.05) is 12.8 Å². The summed E-state index contributed by atoms with van der Waals surface area (Å²) in [6.45, 7) is 1.90. The van der Waals surface area contributed by atoms with E-state index in [0.29, 0.717) is 5.13 Å². The van der Waals surface area contributed by atoms with Crippen molar-refractivity contribution >= 4 is 16.5 Å². The summed E-state index contributed by atoms with van der Waals surface area (Å²) in [4.78, 5) is 0. The topological polar surface area (TPSA) is 61.0 Å². The van der Waals surface area contributed by atoms with Crippen LogP contribution in [0.25, 0.3) is 0 Å². The van der Waals surface area contributed by atoms with Gasteiger partial charge in [-0.2, -0.15) is 0 Å². The van der Waals surface area contributed by atoms with Crippen LogP contribution in [0.2, 0.25) is 0 Å². The van der Waals surface area contributed by atoms with Gasteiger partial charge < -0.3 is 10.5 Å². The minimum atomic E-state index is -0.00481. The van der Waals surface area contributed by atoms with Crippen LogP contribution in [0.5, 0.6) is 0 Å². The molecular weight excluding hydrogens is 150 g/mol. The molecule has 0 aliphatic carbocycles. The zero-order valence-corrected chi connectivity index (χ0v) is 6.68. The lowest BCUT2D eigenvalue weighted by molar-refractivity contribution is 0.118. The Morgan fingerprint density at radius 3 is 2.70 bits per heavy atom. The molecule has 0 fully saturated rings. The van der Waals surface area contributed by atoms with Gasteiger partial charge in [-0.25, -0.2) is 0 Å². The second-order valence-corrected chi connectivity index (χ2v) is 2.90. The number of nitrogens with zero attached hydrogens (tertiary/aromatic N) is 2. The van der Waals surface area contributed by atoms with E-state index >= 15 is 0 Å². The minimum absolute atomic E-state index is 0.00481. The summed E-state index contributed by atoms with van der Waals surface area (Å²) in [5.74, 6) is 0. The van der Waals surface area contributed by atoms with Crippen LogP contribution in [-0.4, -0.2) is 17.3 Å². The lowest BCUT2D eigenvalue weighted by Gasteiger charge is -2.01. The number of aromatic nitrogens is 2. The summed E-state index contributed by atoms with van der Waals surface area (Å²) in [5, 5.41) is 8.76. The largest absolute Gasteiger partial charge is 0.374 e. The quantitative estimate of drug-likeness (QED) is 0.694. The first kappa shape index (κ1) is 7.43. The van der Waals surface area contributed by atoms with E-state index in [1.807, 2.05) is 6.92 Å². The van der Waals surface area contributed by atoms with Crippen molar-refractivity contribution in [1.82, 2.24) is 10.2 Å². The maximum atomic E-state index is 5.36. The van der Waals surface area contributed by atoms with Gasteiger partial charge in [-0.15, -0.1) is 10.2 Å². The normalized spacial score (nSPS) is 13.4. The highest BCUT2D eigenvalue weighted by molar-refractivity contribution is 7.15. The predicted molar refractivity (Wildman–Crippen MR) is 39.7 cm³/mol. The lowest BCUT2D eigenvalue weighted by Crippen LogP contribution is -1.93. The summed E-state index contributed by atoms with van der Waals surface area (Å²) in [7, 11) is 1.63. The van der Waals surface area contributed by atoms with Crippen molar-refractivity contribution in [3.8, 4) is 0 Å². The van der Waals surface area contributed by atoms with Crippen LogP contribution < -0.4 is 5.73 Å². The fourth-order valence-electron chi connectivity index (χ4n) is 0.512. The highest BCUT2D eigenvalue weighted by atomic mass is 32.1. The molecule has 10 heavy (non-hydrogen) atoms. The molecule has 1 aromatic heterocycles. The third kappa shape index (κ3) is 1.43. The van der Waals surface area contributed by atoms with Gasteiger partial charge >= 0.3 is 0 Å². The van der Waals surface area contributed by atoms with Crippen molar-refractivity contribution in [2.24, 2.45) is 0 Å². The highest BCUT2D eigenvalue weighted by Gasteiger charge is 2.08. The first-order valence-corrected chi connectivity index (χ1v) is 3.67. The Hall–Kier alpha value is -0.680. The van der Waals surface area contributed by atoms with Gasteiger partial charge in [0.25, 0.3) is 0 Å². The molecule has 1 heterocycles. The van der Waals surface area contributed by atoms with Crippen molar-refractivity contribution in [3.63, 3.8) is 0 Å². The second kappa shape index (κ2) is 2.94. The van der Waals surface area contributed by atoms with Gasteiger partial charge in [-0.3, -0.25) is 0 Å². The van der Waals surface area contributed by atoms with E-state index in [2.05, 4.69) is 10.2 Å². The van der Waals surface area contributed by atoms with Crippen LogP contribution in [0.4, 0.5) is 5.13 Å². The third-order valence-electron chi connectivity index (χ3n) is 1.16. The van der Waals surface area contributed by atoms with Crippen LogP contribution in [0.1, 0.15) is 18.0 Å². The molecule has 0 aromatic carbocycles.